The standard InChI is InChI=1S/3C16H14N2O/c3*1-12-16(19)18(11-13-7-3-2-4-8-13)15-10-6-5-9-14(15)17-12/h3*2-10H,11H2,1H3. The molecule has 0 N–H and O–H groups in total. The highest BCUT2D eigenvalue weighted by Crippen LogP contribution is 2.14. The Bertz CT molecular complexity index is 2650. The number of para-hydroxylation sites is 6. The van der Waals surface area contributed by atoms with E-state index >= 15 is 0 Å². The van der Waals surface area contributed by atoms with Crippen molar-refractivity contribution in [2.24, 2.45) is 0 Å². The van der Waals surface area contributed by atoms with Crippen molar-refractivity contribution in [3.8, 4) is 0 Å². The van der Waals surface area contributed by atoms with E-state index in [1.807, 2.05) is 164 Å². The number of nitrogens with zero attached hydrogens (tertiary/aromatic N) is 6. The van der Waals surface area contributed by atoms with Gasteiger partial charge in [-0.2, -0.15) is 0 Å². The zero-order valence-electron chi connectivity index (χ0n) is 32.1. The second-order valence-electron chi connectivity index (χ2n) is 13.7. The predicted octanol–water partition coefficient (Wildman–Crippen LogP) is 8.26. The van der Waals surface area contributed by atoms with Crippen molar-refractivity contribution < 1.29 is 0 Å². The molecule has 0 aliphatic heterocycles. The molecule has 0 aliphatic carbocycles. The maximum atomic E-state index is 12.3. The fourth-order valence-corrected chi connectivity index (χ4v) is 6.73. The minimum absolute atomic E-state index is 0.0254. The lowest BCUT2D eigenvalue weighted by molar-refractivity contribution is 0.776. The van der Waals surface area contributed by atoms with E-state index in [0.29, 0.717) is 36.7 Å². The number of aromatic nitrogens is 6. The second kappa shape index (κ2) is 17.5. The topological polar surface area (TPSA) is 105 Å². The molecule has 9 rings (SSSR count). The minimum Gasteiger partial charge on any atom is -0.301 e. The van der Waals surface area contributed by atoms with Crippen LogP contribution in [0, 0.1) is 20.8 Å². The van der Waals surface area contributed by atoms with Crippen LogP contribution in [0.25, 0.3) is 33.1 Å². The van der Waals surface area contributed by atoms with Gasteiger partial charge in [0.1, 0.15) is 17.1 Å². The Kier molecular flexibility index (Phi) is 11.7. The molecule has 57 heavy (non-hydrogen) atoms. The predicted molar refractivity (Wildman–Crippen MR) is 229 cm³/mol. The molecule has 0 saturated carbocycles. The summed E-state index contributed by atoms with van der Waals surface area (Å²) in [4.78, 5) is 49.9. The molecule has 0 aliphatic rings. The average molecular weight is 751 g/mol. The number of hydrogen-bond acceptors (Lipinski definition) is 6. The Labute approximate surface area is 329 Å². The molecule has 3 heterocycles. The van der Waals surface area contributed by atoms with Crippen LogP contribution in [0.5, 0.6) is 0 Å². The molecule has 0 fully saturated rings. The van der Waals surface area contributed by atoms with Gasteiger partial charge in [0, 0.05) is 0 Å². The fourth-order valence-electron chi connectivity index (χ4n) is 6.73. The van der Waals surface area contributed by atoms with Gasteiger partial charge >= 0.3 is 0 Å². The van der Waals surface area contributed by atoms with Crippen LogP contribution < -0.4 is 16.7 Å². The maximum absolute atomic E-state index is 12.3. The van der Waals surface area contributed by atoms with Gasteiger partial charge in [0.15, 0.2) is 0 Å². The highest BCUT2D eigenvalue weighted by atomic mass is 16.1. The summed E-state index contributed by atoms with van der Waals surface area (Å²) in [6.07, 6.45) is 0. The van der Waals surface area contributed by atoms with Gasteiger partial charge in [-0.3, -0.25) is 14.4 Å². The van der Waals surface area contributed by atoms with Gasteiger partial charge in [0.05, 0.1) is 52.7 Å². The summed E-state index contributed by atoms with van der Waals surface area (Å²) in [6, 6.07) is 53.2. The van der Waals surface area contributed by atoms with Crippen LogP contribution in [0.1, 0.15) is 33.8 Å². The van der Waals surface area contributed by atoms with Gasteiger partial charge in [0.2, 0.25) is 0 Å². The van der Waals surface area contributed by atoms with Crippen molar-refractivity contribution in [3.63, 3.8) is 0 Å². The van der Waals surface area contributed by atoms with E-state index in [0.717, 1.165) is 49.8 Å². The Morgan fingerprint density at radius 1 is 0.333 bits per heavy atom. The summed E-state index contributed by atoms with van der Waals surface area (Å²) >= 11 is 0. The number of benzene rings is 6. The average Bonchev–Trinajstić information content (AvgIpc) is 3.24. The Balaban J connectivity index is 0.000000131. The molecule has 0 saturated heterocycles. The van der Waals surface area contributed by atoms with Crippen molar-refractivity contribution in [3.05, 3.63) is 229 Å². The summed E-state index contributed by atoms with van der Waals surface area (Å²) in [5.41, 5.74) is 10.1. The van der Waals surface area contributed by atoms with E-state index in [1.165, 1.54) is 0 Å². The molecule has 0 spiro atoms. The van der Waals surface area contributed by atoms with Crippen molar-refractivity contribution in [1.29, 1.82) is 0 Å². The summed E-state index contributed by atoms with van der Waals surface area (Å²) < 4.78 is 5.35. The SMILES string of the molecule is Cc1nc2ccccc2n(Cc2ccccc2)c1=O.Cc1nc2ccccc2n(Cc2ccccc2)c1=O.Cc1nc2ccccc2n(Cc2ccccc2)c1=O. The van der Waals surface area contributed by atoms with Crippen LogP contribution in [0.15, 0.2) is 178 Å². The lowest BCUT2D eigenvalue weighted by Gasteiger charge is -2.11. The smallest absolute Gasteiger partial charge is 0.272 e. The first-order valence-corrected chi connectivity index (χ1v) is 18.8. The molecule has 9 heteroatoms. The lowest BCUT2D eigenvalue weighted by atomic mass is 10.2. The van der Waals surface area contributed by atoms with Gasteiger partial charge in [-0.15, -0.1) is 0 Å². The third-order valence-corrected chi connectivity index (χ3v) is 9.60. The molecule has 0 unspecified atom stereocenters. The van der Waals surface area contributed by atoms with E-state index < -0.39 is 0 Å². The van der Waals surface area contributed by atoms with E-state index in [2.05, 4.69) is 15.0 Å². The minimum atomic E-state index is -0.0254. The normalized spacial score (nSPS) is 10.8. The largest absolute Gasteiger partial charge is 0.301 e. The molecule has 3 aromatic heterocycles. The summed E-state index contributed by atoms with van der Waals surface area (Å²) in [7, 11) is 0. The van der Waals surface area contributed by atoms with E-state index in [-0.39, 0.29) is 16.7 Å². The van der Waals surface area contributed by atoms with Crippen molar-refractivity contribution in [2.75, 3.05) is 0 Å². The van der Waals surface area contributed by atoms with Crippen LogP contribution >= 0.6 is 0 Å². The molecule has 0 atom stereocenters. The van der Waals surface area contributed by atoms with E-state index in [4.69, 9.17) is 0 Å². The maximum Gasteiger partial charge on any atom is 0.272 e. The van der Waals surface area contributed by atoms with Gasteiger partial charge in [-0.05, 0) is 73.9 Å². The highest BCUT2D eigenvalue weighted by Gasteiger charge is 2.10. The first-order valence-electron chi connectivity index (χ1n) is 18.8. The second-order valence-corrected chi connectivity index (χ2v) is 13.7. The van der Waals surface area contributed by atoms with Gasteiger partial charge < -0.3 is 13.7 Å². The number of aryl methyl sites for hydroxylation is 3. The van der Waals surface area contributed by atoms with Gasteiger partial charge in [-0.25, -0.2) is 15.0 Å². The highest BCUT2D eigenvalue weighted by molar-refractivity contribution is 5.76. The van der Waals surface area contributed by atoms with Crippen molar-refractivity contribution in [1.82, 2.24) is 28.7 Å². The summed E-state index contributed by atoms with van der Waals surface area (Å²) in [6.45, 7) is 7.00. The van der Waals surface area contributed by atoms with Crippen molar-refractivity contribution in [2.45, 2.75) is 40.4 Å². The van der Waals surface area contributed by atoms with Gasteiger partial charge in [-0.1, -0.05) is 127 Å². The van der Waals surface area contributed by atoms with Gasteiger partial charge in [0.25, 0.3) is 16.7 Å². The Hall–Kier alpha value is -7.26. The van der Waals surface area contributed by atoms with E-state index in [1.54, 1.807) is 34.5 Å². The Morgan fingerprint density at radius 2 is 0.561 bits per heavy atom. The van der Waals surface area contributed by atoms with Crippen molar-refractivity contribution >= 4 is 33.1 Å². The molecule has 282 valence electrons. The number of fused-ring (bicyclic) bond motifs is 3. The lowest BCUT2D eigenvalue weighted by Crippen LogP contribution is -2.24. The molecule has 0 amide bonds. The quantitative estimate of drug-likeness (QED) is 0.170. The van der Waals surface area contributed by atoms with E-state index in [9.17, 15) is 14.4 Å². The molecule has 9 aromatic rings. The third kappa shape index (κ3) is 8.84. The molecule has 0 bridgehead atoms. The number of hydrogen-bond donors (Lipinski definition) is 0. The molecule has 9 nitrogen and oxygen atoms in total. The van der Waals surface area contributed by atoms with Crippen LogP contribution in [0.2, 0.25) is 0 Å². The summed E-state index contributed by atoms with van der Waals surface area (Å²) in [5.74, 6) is 0. The number of rotatable bonds is 6. The Morgan fingerprint density at radius 3 is 0.825 bits per heavy atom. The monoisotopic (exact) mass is 750 g/mol. The molecular weight excluding hydrogens is 709 g/mol. The van der Waals surface area contributed by atoms with Crippen LogP contribution in [-0.2, 0) is 19.6 Å². The zero-order chi connectivity index (χ0) is 39.7. The van der Waals surface area contributed by atoms with Crippen LogP contribution in [-0.4, -0.2) is 28.7 Å². The van der Waals surface area contributed by atoms with Crippen LogP contribution in [0.3, 0.4) is 0 Å². The third-order valence-electron chi connectivity index (χ3n) is 9.60. The summed E-state index contributed by atoms with van der Waals surface area (Å²) in [5, 5.41) is 0. The molecule has 6 aromatic carbocycles. The molecule has 0 radical (unpaired) electrons. The zero-order valence-corrected chi connectivity index (χ0v) is 32.1. The van der Waals surface area contributed by atoms with Crippen LogP contribution in [0.4, 0.5) is 0 Å². The molecular formula is C48H42N6O3. The first kappa shape index (κ1) is 38.0. The first-order chi connectivity index (χ1) is 27.8. The fraction of sp³-hybridized carbons (Fsp3) is 0.125.